The van der Waals surface area contributed by atoms with Crippen LogP contribution in [0.15, 0.2) is 6.07 Å². The Morgan fingerprint density at radius 3 is 2.23 bits per heavy atom. The molecule has 1 unspecified atom stereocenters. The molecule has 1 heterocycles. The number of likely N-dealkylation sites (tertiary alicyclic amines) is 1. The summed E-state index contributed by atoms with van der Waals surface area (Å²) in [7, 11) is 2.07. The van der Waals surface area contributed by atoms with Crippen molar-refractivity contribution in [2.24, 2.45) is 0 Å². The highest BCUT2D eigenvalue weighted by molar-refractivity contribution is 14.1. The van der Waals surface area contributed by atoms with Gasteiger partial charge in [-0.3, -0.25) is 9.69 Å². The third kappa shape index (κ3) is 4.32. The average Bonchev–Trinajstić information content (AvgIpc) is 2.63. The van der Waals surface area contributed by atoms with Crippen LogP contribution in [0.2, 0.25) is 0 Å². The van der Waals surface area contributed by atoms with Crippen molar-refractivity contribution in [3.05, 3.63) is 22.3 Å². The van der Waals surface area contributed by atoms with Crippen molar-refractivity contribution in [1.82, 2.24) is 4.90 Å². The molecule has 0 aliphatic carbocycles. The molecule has 8 heteroatoms. The van der Waals surface area contributed by atoms with Gasteiger partial charge in [-0.25, -0.2) is 4.79 Å². The number of esters is 1. The van der Waals surface area contributed by atoms with Gasteiger partial charge in [0.05, 0.1) is 20.4 Å². The van der Waals surface area contributed by atoms with Crippen molar-refractivity contribution >= 4 is 85.3 Å². The summed E-state index contributed by atoms with van der Waals surface area (Å²) in [6.07, 6.45) is 0.572. The van der Waals surface area contributed by atoms with E-state index >= 15 is 0 Å². The number of carbonyl (C=O) groups is 2. The van der Waals surface area contributed by atoms with Gasteiger partial charge in [-0.05, 0) is 109 Å². The van der Waals surface area contributed by atoms with Crippen LogP contribution >= 0.6 is 67.8 Å². The molecule has 0 aromatic heterocycles. The maximum absolute atomic E-state index is 13.0. The predicted molar refractivity (Wildman–Crippen MR) is 129 cm³/mol. The number of rotatable bonds is 3. The molecule has 1 amide bonds. The summed E-state index contributed by atoms with van der Waals surface area (Å²) in [5.74, 6) is -0.507. The molecule has 144 valence electrons. The van der Waals surface area contributed by atoms with Crippen molar-refractivity contribution in [3.63, 3.8) is 0 Å². The van der Waals surface area contributed by atoms with Gasteiger partial charge in [0.1, 0.15) is 6.10 Å². The molecule has 1 atom stereocenters. The molecule has 2 rings (SSSR count). The van der Waals surface area contributed by atoms with Gasteiger partial charge in [0, 0.05) is 26.0 Å². The number of ether oxygens (including phenoxy) is 1. The van der Waals surface area contributed by atoms with Crippen molar-refractivity contribution < 1.29 is 14.3 Å². The Kier molecular flexibility index (Phi) is 6.93. The number of carbonyl (C=O) groups excluding carboxylic acids is 2. The van der Waals surface area contributed by atoms with E-state index in [1.807, 2.05) is 6.07 Å². The number of benzene rings is 1. The fourth-order valence-electron chi connectivity index (χ4n) is 3.28. The first-order chi connectivity index (χ1) is 11.8. The molecule has 1 N–H and O–H groups in total. The minimum absolute atomic E-state index is 0.0395. The molecule has 1 fully saturated rings. The van der Waals surface area contributed by atoms with E-state index in [0.717, 1.165) is 13.6 Å². The Morgan fingerprint density at radius 2 is 1.77 bits per heavy atom. The Bertz CT molecular complexity index is 763. The van der Waals surface area contributed by atoms with E-state index in [1.54, 1.807) is 0 Å². The molecule has 0 saturated carbocycles. The number of hydrogen-bond donors (Lipinski definition) is 1. The Labute approximate surface area is 195 Å². The quantitative estimate of drug-likeness (QED) is 0.362. The van der Waals surface area contributed by atoms with Gasteiger partial charge in [0.2, 0.25) is 5.91 Å². The normalized spacial score (nSPS) is 21.5. The zero-order valence-corrected chi connectivity index (χ0v) is 22.1. The van der Waals surface area contributed by atoms with Gasteiger partial charge < -0.3 is 10.1 Å². The van der Waals surface area contributed by atoms with Crippen LogP contribution in [0.25, 0.3) is 0 Å². The van der Waals surface area contributed by atoms with E-state index in [-0.39, 0.29) is 29.1 Å². The van der Waals surface area contributed by atoms with Crippen molar-refractivity contribution in [2.45, 2.75) is 58.2 Å². The van der Waals surface area contributed by atoms with Crippen LogP contribution in [0.5, 0.6) is 0 Å². The summed E-state index contributed by atoms with van der Waals surface area (Å²) in [6.45, 7) is 9.99. The molecular formula is C18H23I3N2O3. The maximum Gasteiger partial charge on any atom is 0.340 e. The van der Waals surface area contributed by atoms with E-state index in [0.29, 0.717) is 14.8 Å². The zero-order chi connectivity index (χ0) is 20.0. The molecular weight excluding hydrogens is 673 g/mol. The van der Waals surface area contributed by atoms with E-state index in [4.69, 9.17) is 4.74 Å². The summed E-state index contributed by atoms with van der Waals surface area (Å²) in [5, 5.41) is 2.82. The van der Waals surface area contributed by atoms with Crippen LogP contribution in [0.4, 0.5) is 5.69 Å². The number of halogens is 3. The summed E-state index contributed by atoms with van der Waals surface area (Å²) in [5.41, 5.74) is 0.884. The van der Waals surface area contributed by atoms with Gasteiger partial charge in [0.25, 0.3) is 0 Å². The summed E-state index contributed by atoms with van der Waals surface area (Å²) in [4.78, 5) is 26.8. The number of hydrogen-bond acceptors (Lipinski definition) is 4. The lowest BCUT2D eigenvalue weighted by atomic mass is 9.97. The summed E-state index contributed by atoms with van der Waals surface area (Å²) >= 11 is 6.43. The first-order valence-electron chi connectivity index (χ1n) is 8.19. The van der Waals surface area contributed by atoms with E-state index in [1.165, 1.54) is 6.92 Å². The number of amides is 1. The Hall–Kier alpha value is 0.310. The zero-order valence-electron chi connectivity index (χ0n) is 15.7. The van der Waals surface area contributed by atoms with Gasteiger partial charge in [0.15, 0.2) is 0 Å². The van der Waals surface area contributed by atoms with Crippen LogP contribution in [-0.4, -0.2) is 41.0 Å². The molecule has 0 bridgehead atoms. The molecule has 1 aromatic carbocycles. The Balaban J connectivity index is 2.38. The molecule has 1 aliphatic heterocycles. The number of nitrogens with zero attached hydrogens (tertiary/aromatic N) is 1. The van der Waals surface area contributed by atoms with Gasteiger partial charge in [-0.1, -0.05) is 0 Å². The highest BCUT2D eigenvalue weighted by Gasteiger charge is 2.51. The van der Waals surface area contributed by atoms with Gasteiger partial charge >= 0.3 is 5.97 Å². The lowest BCUT2D eigenvalue weighted by Gasteiger charge is -2.37. The van der Waals surface area contributed by atoms with Crippen molar-refractivity contribution in [2.75, 3.05) is 12.4 Å². The Morgan fingerprint density at radius 1 is 1.19 bits per heavy atom. The lowest BCUT2D eigenvalue weighted by molar-refractivity contribution is -0.114. The average molecular weight is 696 g/mol. The fraction of sp³-hybridized carbons (Fsp3) is 0.556. The number of likely N-dealkylation sites (N-methyl/N-ethyl adjacent to an activating group) is 1. The summed E-state index contributed by atoms with van der Waals surface area (Å²) in [6, 6.07) is 1.89. The molecule has 1 aromatic rings. The van der Waals surface area contributed by atoms with Crippen LogP contribution in [-0.2, 0) is 9.53 Å². The van der Waals surface area contributed by atoms with Gasteiger partial charge in [-0.2, -0.15) is 0 Å². The van der Waals surface area contributed by atoms with Crippen LogP contribution in [0.1, 0.15) is 51.4 Å². The van der Waals surface area contributed by atoms with Crippen molar-refractivity contribution in [1.29, 1.82) is 0 Å². The van der Waals surface area contributed by atoms with Crippen molar-refractivity contribution in [3.8, 4) is 0 Å². The molecule has 26 heavy (non-hydrogen) atoms. The second-order valence-electron chi connectivity index (χ2n) is 7.71. The maximum atomic E-state index is 13.0. The number of nitrogens with one attached hydrogen (secondary N) is 1. The topological polar surface area (TPSA) is 58.6 Å². The molecule has 5 nitrogen and oxygen atoms in total. The molecule has 1 saturated heterocycles. The first-order valence-corrected chi connectivity index (χ1v) is 11.4. The minimum atomic E-state index is -0.342. The largest absolute Gasteiger partial charge is 0.457 e. The lowest BCUT2D eigenvalue weighted by Crippen LogP contribution is -2.48. The highest BCUT2D eigenvalue weighted by atomic mass is 127. The van der Waals surface area contributed by atoms with Crippen LogP contribution in [0, 0.1) is 10.7 Å². The third-order valence-corrected chi connectivity index (χ3v) is 7.95. The monoisotopic (exact) mass is 696 g/mol. The molecule has 0 spiro atoms. The van der Waals surface area contributed by atoms with E-state index < -0.39 is 0 Å². The second-order valence-corrected chi connectivity index (χ2v) is 11.1. The SMILES string of the molecule is CC(=O)Nc1c(I)cc(I)c(C(=O)OC2CC(C)(C)N(C)C2(C)C)c1I. The predicted octanol–water partition coefficient (Wildman–Crippen LogP) is 4.88. The van der Waals surface area contributed by atoms with Crippen LogP contribution < -0.4 is 5.32 Å². The molecule has 0 radical (unpaired) electrons. The van der Waals surface area contributed by atoms with E-state index in [2.05, 4.69) is 113 Å². The summed E-state index contributed by atoms with van der Waals surface area (Å²) < 4.78 is 8.40. The highest BCUT2D eigenvalue weighted by Crippen LogP contribution is 2.42. The first kappa shape index (κ1) is 22.6. The minimum Gasteiger partial charge on any atom is -0.457 e. The van der Waals surface area contributed by atoms with E-state index in [9.17, 15) is 9.59 Å². The fourth-order valence-corrected chi connectivity index (χ4v) is 7.36. The molecule has 1 aliphatic rings. The van der Waals surface area contributed by atoms with Crippen LogP contribution in [0.3, 0.4) is 0 Å². The second kappa shape index (κ2) is 7.97. The van der Waals surface area contributed by atoms with Gasteiger partial charge in [-0.15, -0.1) is 0 Å². The smallest absolute Gasteiger partial charge is 0.340 e. The standard InChI is InChI=1S/C18H23I3N2O3/c1-9(24)22-15-11(20)7-10(19)13(14(15)21)16(25)26-12-8-17(2,3)23(6)18(12,4)5/h7,12H,8H2,1-6H3,(H,22,24). The third-order valence-electron chi connectivity index (χ3n) is 5.17. The number of anilines is 1.